The minimum absolute atomic E-state index is 0.0821. The van der Waals surface area contributed by atoms with Crippen molar-refractivity contribution >= 4 is 17.5 Å². The summed E-state index contributed by atoms with van der Waals surface area (Å²) in [4.78, 5) is 14.2. The van der Waals surface area contributed by atoms with Gasteiger partial charge in [0.15, 0.2) is 0 Å². The van der Waals surface area contributed by atoms with E-state index in [-0.39, 0.29) is 11.8 Å². The summed E-state index contributed by atoms with van der Waals surface area (Å²) in [5.74, 6) is 0.156. The molecule has 6 heteroatoms. The van der Waals surface area contributed by atoms with Gasteiger partial charge in [-0.15, -0.1) is 0 Å². The van der Waals surface area contributed by atoms with Crippen LogP contribution in [0.1, 0.15) is 29.3 Å². The van der Waals surface area contributed by atoms with Gasteiger partial charge in [0.2, 0.25) is 0 Å². The number of rotatable bonds is 3. The molecule has 2 atom stereocenters. The minimum atomic E-state index is -0.453. The van der Waals surface area contributed by atoms with Crippen molar-refractivity contribution in [2.24, 2.45) is 5.92 Å². The lowest BCUT2D eigenvalue weighted by atomic mass is 9.96. The number of benzene rings is 1. The fraction of sp³-hybridized carbons (Fsp3) is 0.412. The Bertz CT molecular complexity index is 701. The molecule has 5 nitrogen and oxygen atoms in total. The largest absolute Gasteiger partial charge is 0.391 e. The summed E-state index contributed by atoms with van der Waals surface area (Å²) in [6, 6.07) is 7.58. The van der Waals surface area contributed by atoms with Crippen molar-refractivity contribution in [3.63, 3.8) is 0 Å². The van der Waals surface area contributed by atoms with Gasteiger partial charge in [-0.25, -0.2) is 0 Å². The maximum Gasteiger partial charge on any atom is 0.257 e. The Balaban J connectivity index is 1.69. The predicted molar refractivity (Wildman–Crippen MR) is 88.5 cm³/mol. The van der Waals surface area contributed by atoms with E-state index >= 15 is 0 Å². The van der Waals surface area contributed by atoms with Gasteiger partial charge in [0.25, 0.3) is 5.91 Å². The van der Waals surface area contributed by atoms with Crippen molar-refractivity contribution < 1.29 is 9.90 Å². The molecule has 0 saturated carbocycles. The van der Waals surface area contributed by atoms with Crippen molar-refractivity contribution in [2.45, 2.75) is 26.0 Å². The van der Waals surface area contributed by atoms with Gasteiger partial charge in [0, 0.05) is 24.3 Å². The lowest BCUT2D eigenvalue weighted by molar-refractivity contribution is 0.0248. The van der Waals surface area contributed by atoms with Crippen LogP contribution in [0.2, 0.25) is 5.02 Å². The Kier molecular flexibility index (Phi) is 4.68. The van der Waals surface area contributed by atoms with Crippen molar-refractivity contribution in [1.29, 1.82) is 0 Å². The highest BCUT2D eigenvalue weighted by atomic mass is 35.5. The number of piperidine rings is 1. The van der Waals surface area contributed by atoms with Crippen LogP contribution in [0.4, 0.5) is 0 Å². The van der Waals surface area contributed by atoms with Crippen LogP contribution in [0.5, 0.6) is 0 Å². The molecule has 0 aliphatic carbocycles. The molecule has 1 aromatic carbocycles. The topological polar surface area (TPSA) is 58.4 Å². The van der Waals surface area contributed by atoms with Gasteiger partial charge in [0.1, 0.15) is 0 Å². The maximum atomic E-state index is 12.5. The number of carbonyl (C=O) groups excluding carboxylic acids is 1. The summed E-state index contributed by atoms with van der Waals surface area (Å²) < 4.78 is 1.71. The second-order valence-electron chi connectivity index (χ2n) is 6.10. The van der Waals surface area contributed by atoms with E-state index in [1.165, 1.54) is 0 Å². The average molecular weight is 334 g/mol. The molecule has 122 valence electrons. The predicted octanol–water partition coefficient (Wildman–Crippen LogP) is 2.43. The first-order chi connectivity index (χ1) is 11.0. The fourth-order valence-electron chi connectivity index (χ4n) is 2.78. The van der Waals surface area contributed by atoms with Crippen LogP contribution >= 0.6 is 11.6 Å². The van der Waals surface area contributed by atoms with Gasteiger partial charge in [-0.2, -0.15) is 5.10 Å². The van der Waals surface area contributed by atoms with Gasteiger partial charge >= 0.3 is 0 Å². The van der Waals surface area contributed by atoms with E-state index in [1.807, 2.05) is 31.2 Å². The number of carbonyl (C=O) groups is 1. The molecule has 23 heavy (non-hydrogen) atoms. The van der Waals surface area contributed by atoms with Crippen LogP contribution in [0.25, 0.3) is 0 Å². The molecule has 1 N–H and O–H groups in total. The molecule has 2 heterocycles. The molecule has 0 bridgehead atoms. The minimum Gasteiger partial charge on any atom is -0.391 e. The molecule has 0 radical (unpaired) electrons. The number of amides is 1. The number of hydrogen-bond acceptors (Lipinski definition) is 3. The number of β-amino-alcohol motifs (C(OH)–C–C–N with tert-alkyl or cyclic N) is 1. The standard InChI is InChI=1S/C17H20ClN3O2/c1-12-6-7-20(11-16(12)22)17(23)14-8-19-21(10-14)9-13-4-2-3-5-15(13)18/h2-5,8,10,12,16,22H,6-7,9,11H2,1H3. The van der Waals surface area contributed by atoms with E-state index in [4.69, 9.17) is 11.6 Å². The number of likely N-dealkylation sites (tertiary alicyclic amines) is 1. The van der Waals surface area contributed by atoms with E-state index in [2.05, 4.69) is 5.10 Å². The Morgan fingerprint density at radius 2 is 2.22 bits per heavy atom. The number of aliphatic hydroxyl groups is 1. The van der Waals surface area contributed by atoms with Gasteiger partial charge in [-0.1, -0.05) is 36.7 Å². The summed E-state index contributed by atoms with van der Waals surface area (Å²) >= 11 is 6.15. The summed E-state index contributed by atoms with van der Waals surface area (Å²) in [5.41, 5.74) is 1.50. The number of hydrogen-bond donors (Lipinski definition) is 1. The maximum absolute atomic E-state index is 12.5. The summed E-state index contributed by atoms with van der Waals surface area (Å²) in [5, 5.41) is 14.9. The number of aliphatic hydroxyl groups excluding tert-OH is 1. The molecule has 3 rings (SSSR count). The highest BCUT2D eigenvalue weighted by Crippen LogP contribution is 2.19. The van der Waals surface area contributed by atoms with Gasteiger partial charge < -0.3 is 10.0 Å². The first kappa shape index (κ1) is 16.0. The zero-order valence-electron chi connectivity index (χ0n) is 13.0. The smallest absolute Gasteiger partial charge is 0.257 e. The molecular weight excluding hydrogens is 314 g/mol. The first-order valence-corrected chi connectivity index (χ1v) is 8.15. The van der Waals surface area contributed by atoms with Crippen molar-refractivity contribution in [3.05, 3.63) is 52.8 Å². The van der Waals surface area contributed by atoms with Crippen LogP contribution < -0.4 is 0 Å². The number of halogens is 1. The van der Waals surface area contributed by atoms with Crippen LogP contribution in [-0.2, 0) is 6.54 Å². The Labute approximate surface area is 140 Å². The van der Waals surface area contributed by atoms with E-state index in [0.717, 1.165) is 12.0 Å². The van der Waals surface area contributed by atoms with Gasteiger partial charge in [-0.05, 0) is 24.0 Å². The Morgan fingerprint density at radius 3 is 2.96 bits per heavy atom. The van der Waals surface area contributed by atoms with Crippen LogP contribution in [0, 0.1) is 5.92 Å². The van der Waals surface area contributed by atoms with Crippen molar-refractivity contribution in [2.75, 3.05) is 13.1 Å². The number of nitrogens with zero attached hydrogens (tertiary/aromatic N) is 3. The lowest BCUT2D eigenvalue weighted by Crippen LogP contribution is -2.45. The molecule has 2 aromatic rings. The third-order valence-electron chi connectivity index (χ3n) is 4.38. The molecule has 1 aliphatic heterocycles. The normalized spacial score (nSPS) is 21.4. The summed E-state index contributed by atoms with van der Waals surface area (Å²) in [7, 11) is 0. The quantitative estimate of drug-likeness (QED) is 0.938. The zero-order chi connectivity index (χ0) is 16.4. The monoisotopic (exact) mass is 333 g/mol. The third kappa shape index (κ3) is 3.57. The molecule has 1 amide bonds. The molecule has 1 fully saturated rings. The molecular formula is C17H20ClN3O2. The summed E-state index contributed by atoms with van der Waals surface area (Å²) in [6.45, 7) is 3.59. The Hall–Kier alpha value is -1.85. The molecule has 1 saturated heterocycles. The van der Waals surface area contributed by atoms with E-state index in [0.29, 0.717) is 30.2 Å². The summed E-state index contributed by atoms with van der Waals surface area (Å²) in [6.07, 6.45) is 3.67. The Morgan fingerprint density at radius 1 is 1.43 bits per heavy atom. The van der Waals surface area contributed by atoms with Crippen LogP contribution in [0.15, 0.2) is 36.7 Å². The SMILES string of the molecule is CC1CCN(C(=O)c2cnn(Cc3ccccc3Cl)c2)CC1O. The second kappa shape index (κ2) is 6.72. The van der Waals surface area contributed by atoms with Crippen molar-refractivity contribution in [3.8, 4) is 0 Å². The molecule has 2 unspecified atom stereocenters. The lowest BCUT2D eigenvalue weighted by Gasteiger charge is -2.34. The van der Waals surface area contributed by atoms with E-state index in [1.54, 1.807) is 22.0 Å². The van der Waals surface area contributed by atoms with Crippen molar-refractivity contribution in [1.82, 2.24) is 14.7 Å². The van der Waals surface area contributed by atoms with Gasteiger partial charge in [-0.3, -0.25) is 9.48 Å². The molecule has 0 spiro atoms. The molecule has 1 aliphatic rings. The zero-order valence-corrected chi connectivity index (χ0v) is 13.8. The highest BCUT2D eigenvalue weighted by molar-refractivity contribution is 6.31. The van der Waals surface area contributed by atoms with Crippen LogP contribution in [0.3, 0.4) is 0 Å². The third-order valence-corrected chi connectivity index (χ3v) is 4.74. The fourth-order valence-corrected chi connectivity index (χ4v) is 2.97. The second-order valence-corrected chi connectivity index (χ2v) is 6.51. The average Bonchev–Trinajstić information content (AvgIpc) is 3.00. The van der Waals surface area contributed by atoms with E-state index < -0.39 is 6.10 Å². The van der Waals surface area contributed by atoms with E-state index in [9.17, 15) is 9.90 Å². The van der Waals surface area contributed by atoms with Gasteiger partial charge in [0.05, 0.1) is 24.4 Å². The number of aromatic nitrogens is 2. The highest BCUT2D eigenvalue weighted by Gasteiger charge is 2.28. The molecule has 1 aromatic heterocycles. The van der Waals surface area contributed by atoms with Crippen LogP contribution in [-0.4, -0.2) is 44.9 Å². The first-order valence-electron chi connectivity index (χ1n) is 7.78.